The second kappa shape index (κ2) is 4.65. The van der Waals surface area contributed by atoms with E-state index in [9.17, 15) is 4.79 Å². The maximum absolute atomic E-state index is 12.4. The minimum atomic E-state index is -0.0372. The van der Waals surface area contributed by atoms with Crippen LogP contribution in [0.2, 0.25) is 0 Å². The van der Waals surface area contributed by atoms with Crippen molar-refractivity contribution in [1.29, 1.82) is 0 Å². The Kier molecular flexibility index (Phi) is 2.88. The van der Waals surface area contributed by atoms with Gasteiger partial charge in [-0.25, -0.2) is 4.79 Å². The van der Waals surface area contributed by atoms with Gasteiger partial charge in [0.05, 0.1) is 6.04 Å². The molecule has 3 aliphatic rings. The Morgan fingerprint density at radius 2 is 2.10 bits per heavy atom. The first-order valence-electron chi connectivity index (χ1n) is 7.98. The Balaban J connectivity index is 1.56. The summed E-state index contributed by atoms with van der Waals surface area (Å²) in [5.74, 6) is 0.947. The number of rotatable bonds is 2. The topological polar surface area (TPSA) is 41.6 Å². The van der Waals surface area contributed by atoms with Crippen molar-refractivity contribution < 1.29 is 9.53 Å². The van der Waals surface area contributed by atoms with Crippen LogP contribution in [-0.4, -0.2) is 29.6 Å². The van der Waals surface area contributed by atoms with Gasteiger partial charge in [-0.2, -0.15) is 0 Å². The summed E-state index contributed by atoms with van der Waals surface area (Å²) in [5, 5.41) is 3.23. The third kappa shape index (κ3) is 2.27. The Morgan fingerprint density at radius 3 is 2.76 bits per heavy atom. The lowest BCUT2D eigenvalue weighted by atomic mass is 9.73. The minimum Gasteiger partial charge on any atom is -0.487 e. The largest absolute Gasteiger partial charge is 0.487 e. The molecule has 0 radical (unpaired) electrons. The average Bonchev–Trinajstić information content (AvgIpc) is 3.29. The van der Waals surface area contributed by atoms with Crippen molar-refractivity contribution in [1.82, 2.24) is 10.2 Å². The molecular weight excluding hydrogens is 264 g/mol. The Labute approximate surface area is 125 Å². The molecule has 2 fully saturated rings. The van der Waals surface area contributed by atoms with Crippen molar-refractivity contribution in [2.45, 2.75) is 56.2 Å². The lowest BCUT2D eigenvalue weighted by Crippen LogP contribution is -2.51. The molecule has 4 nitrogen and oxygen atoms in total. The Hall–Kier alpha value is -1.71. The maximum Gasteiger partial charge on any atom is 0.317 e. The van der Waals surface area contributed by atoms with E-state index in [1.165, 1.54) is 6.42 Å². The molecule has 0 bridgehead atoms. The van der Waals surface area contributed by atoms with Gasteiger partial charge in [-0.15, -0.1) is 0 Å². The van der Waals surface area contributed by atoms with Gasteiger partial charge in [0.1, 0.15) is 11.4 Å². The number of hydrogen-bond donors (Lipinski definition) is 1. The van der Waals surface area contributed by atoms with Crippen LogP contribution in [-0.2, 0) is 0 Å². The van der Waals surface area contributed by atoms with Crippen molar-refractivity contribution in [3.8, 4) is 5.75 Å². The highest BCUT2D eigenvalue weighted by Crippen LogP contribution is 2.48. The van der Waals surface area contributed by atoms with Crippen LogP contribution in [0, 0.1) is 0 Å². The van der Waals surface area contributed by atoms with Crippen LogP contribution in [0.3, 0.4) is 0 Å². The summed E-state index contributed by atoms with van der Waals surface area (Å²) >= 11 is 0. The van der Waals surface area contributed by atoms with Crippen molar-refractivity contribution in [3.63, 3.8) is 0 Å². The number of hydrogen-bond acceptors (Lipinski definition) is 2. The fraction of sp³-hybridized carbons (Fsp3) is 0.588. The van der Waals surface area contributed by atoms with E-state index in [1.54, 1.807) is 0 Å². The van der Waals surface area contributed by atoms with Crippen molar-refractivity contribution >= 4 is 6.03 Å². The summed E-state index contributed by atoms with van der Waals surface area (Å²) in [7, 11) is 1.90. The molecule has 1 spiro atoms. The highest BCUT2D eigenvalue weighted by molar-refractivity contribution is 5.75. The zero-order valence-electron chi connectivity index (χ0n) is 12.5. The number of fused-ring (bicyclic) bond motifs is 1. The second-order valence-corrected chi connectivity index (χ2v) is 6.72. The average molecular weight is 286 g/mol. The molecule has 21 heavy (non-hydrogen) atoms. The molecule has 112 valence electrons. The zero-order chi connectivity index (χ0) is 14.4. The van der Waals surface area contributed by atoms with Crippen LogP contribution in [0.15, 0.2) is 24.3 Å². The van der Waals surface area contributed by atoms with Gasteiger partial charge in [-0.05, 0) is 38.2 Å². The SMILES string of the molecule is CN(C(=O)NC1CC2(CCC2)Oc2ccccc21)C1CC1. The van der Waals surface area contributed by atoms with Crippen molar-refractivity contribution in [2.24, 2.45) is 0 Å². The van der Waals surface area contributed by atoms with E-state index in [2.05, 4.69) is 11.4 Å². The quantitative estimate of drug-likeness (QED) is 0.907. The first kappa shape index (κ1) is 13.0. The molecule has 1 unspecified atom stereocenters. The number of nitrogens with one attached hydrogen (secondary N) is 1. The van der Waals surface area contributed by atoms with Gasteiger partial charge in [0.25, 0.3) is 0 Å². The number of amides is 2. The van der Waals surface area contributed by atoms with Gasteiger partial charge >= 0.3 is 6.03 Å². The van der Waals surface area contributed by atoms with Gasteiger partial charge in [-0.3, -0.25) is 0 Å². The summed E-state index contributed by atoms with van der Waals surface area (Å²) in [6.45, 7) is 0. The molecule has 2 aliphatic carbocycles. The van der Waals surface area contributed by atoms with Crippen LogP contribution in [0.5, 0.6) is 5.75 Å². The number of carbonyl (C=O) groups is 1. The van der Waals surface area contributed by atoms with Crippen molar-refractivity contribution in [2.75, 3.05) is 7.05 Å². The fourth-order valence-electron chi connectivity index (χ4n) is 3.50. The summed E-state index contributed by atoms with van der Waals surface area (Å²) in [5.41, 5.74) is 1.08. The fourth-order valence-corrected chi connectivity index (χ4v) is 3.50. The molecule has 2 amide bonds. The second-order valence-electron chi connectivity index (χ2n) is 6.72. The minimum absolute atomic E-state index is 0.0372. The Morgan fingerprint density at radius 1 is 1.33 bits per heavy atom. The molecule has 0 saturated heterocycles. The summed E-state index contributed by atoms with van der Waals surface area (Å²) < 4.78 is 6.22. The van der Waals surface area contributed by atoms with E-state index in [0.717, 1.165) is 43.4 Å². The van der Waals surface area contributed by atoms with E-state index in [4.69, 9.17) is 4.74 Å². The molecule has 1 aromatic carbocycles. The monoisotopic (exact) mass is 286 g/mol. The molecule has 4 rings (SSSR count). The standard InChI is InChI=1S/C17H22N2O2/c1-19(12-7-8-12)16(20)18-14-11-17(9-4-10-17)21-15-6-3-2-5-13(14)15/h2-3,5-6,12,14H,4,7-11H2,1H3,(H,18,20). The van der Waals surface area contributed by atoms with Gasteiger partial charge < -0.3 is 15.0 Å². The number of benzene rings is 1. The molecular formula is C17H22N2O2. The van der Waals surface area contributed by atoms with E-state index in [-0.39, 0.29) is 17.7 Å². The van der Waals surface area contributed by atoms with Gasteiger partial charge in [0.15, 0.2) is 0 Å². The van der Waals surface area contributed by atoms with Crippen LogP contribution < -0.4 is 10.1 Å². The number of nitrogens with zero attached hydrogens (tertiary/aromatic N) is 1. The molecule has 1 heterocycles. The zero-order valence-corrected chi connectivity index (χ0v) is 12.5. The van der Waals surface area contributed by atoms with Crippen LogP contribution in [0.1, 0.15) is 50.1 Å². The number of carbonyl (C=O) groups excluding carboxylic acids is 1. The summed E-state index contributed by atoms with van der Waals surface area (Å²) in [6, 6.07) is 8.69. The van der Waals surface area contributed by atoms with Gasteiger partial charge in [0.2, 0.25) is 0 Å². The van der Waals surface area contributed by atoms with Gasteiger partial charge in [-0.1, -0.05) is 18.2 Å². The maximum atomic E-state index is 12.4. The Bertz CT molecular complexity index is 564. The summed E-state index contributed by atoms with van der Waals surface area (Å²) in [6.07, 6.45) is 6.61. The summed E-state index contributed by atoms with van der Waals surface area (Å²) in [4.78, 5) is 14.2. The van der Waals surface area contributed by atoms with E-state index >= 15 is 0 Å². The molecule has 1 atom stereocenters. The van der Waals surface area contributed by atoms with Crippen molar-refractivity contribution in [3.05, 3.63) is 29.8 Å². The number of ether oxygens (including phenoxy) is 1. The highest BCUT2D eigenvalue weighted by Gasteiger charge is 2.46. The number of para-hydroxylation sites is 1. The first-order chi connectivity index (χ1) is 10.2. The van der Waals surface area contributed by atoms with Crippen LogP contribution in [0.25, 0.3) is 0 Å². The predicted molar refractivity (Wildman–Crippen MR) is 80.3 cm³/mol. The highest BCUT2D eigenvalue weighted by atomic mass is 16.5. The normalized spacial score (nSPS) is 25.5. The molecule has 0 aromatic heterocycles. The molecule has 2 saturated carbocycles. The molecule has 4 heteroatoms. The molecule has 1 aromatic rings. The first-order valence-corrected chi connectivity index (χ1v) is 7.98. The molecule has 1 N–H and O–H groups in total. The smallest absolute Gasteiger partial charge is 0.317 e. The van der Waals surface area contributed by atoms with Gasteiger partial charge in [0, 0.05) is 25.1 Å². The predicted octanol–water partition coefficient (Wildman–Crippen LogP) is 3.24. The van der Waals surface area contributed by atoms with E-state index < -0.39 is 0 Å². The van der Waals surface area contributed by atoms with Crippen LogP contribution >= 0.6 is 0 Å². The third-order valence-corrected chi connectivity index (χ3v) is 5.17. The lowest BCUT2D eigenvalue weighted by Gasteiger charge is -2.48. The van der Waals surface area contributed by atoms with E-state index in [1.807, 2.05) is 30.1 Å². The number of urea groups is 1. The lowest BCUT2D eigenvalue weighted by molar-refractivity contribution is -0.0359. The molecule has 1 aliphatic heterocycles. The van der Waals surface area contributed by atoms with Crippen LogP contribution in [0.4, 0.5) is 4.79 Å². The third-order valence-electron chi connectivity index (χ3n) is 5.17. The van der Waals surface area contributed by atoms with E-state index in [0.29, 0.717) is 6.04 Å².